The third kappa shape index (κ3) is 3.61. The van der Waals surface area contributed by atoms with E-state index in [1.807, 2.05) is 43.3 Å². The number of carbonyl (C=O) groups excluding carboxylic acids is 2. The quantitative estimate of drug-likeness (QED) is 0.484. The molecule has 6 heteroatoms. The normalized spacial score (nSPS) is 18.4. The Labute approximate surface area is 116 Å². The fourth-order valence-corrected chi connectivity index (χ4v) is 1.62. The number of benzene rings is 1. The summed E-state index contributed by atoms with van der Waals surface area (Å²) in [6.07, 6.45) is 4.70. The highest BCUT2D eigenvalue weighted by molar-refractivity contribution is 6.15. The second-order valence-corrected chi connectivity index (χ2v) is 4.27. The number of nitrogens with one attached hydrogen (secondary N) is 2. The van der Waals surface area contributed by atoms with Crippen molar-refractivity contribution in [2.24, 2.45) is 16.1 Å². The van der Waals surface area contributed by atoms with Gasteiger partial charge in [-0.3, -0.25) is 9.59 Å². The van der Waals surface area contributed by atoms with E-state index < -0.39 is 17.7 Å². The molecule has 102 valence electrons. The minimum absolute atomic E-state index is 0.450. The first-order valence-electron chi connectivity index (χ1n) is 6.06. The number of allylic oxidation sites excluding steroid dienone is 1. The van der Waals surface area contributed by atoms with Gasteiger partial charge in [-0.05, 0) is 18.1 Å². The Hall–Kier alpha value is -2.76. The van der Waals surface area contributed by atoms with Gasteiger partial charge in [-0.25, -0.2) is 10.9 Å². The maximum Gasteiger partial charge on any atom is 0.258 e. The van der Waals surface area contributed by atoms with Crippen LogP contribution in [0.2, 0.25) is 0 Å². The van der Waals surface area contributed by atoms with Gasteiger partial charge in [0.25, 0.3) is 11.8 Å². The van der Waals surface area contributed by atoms with Crippen LogP contribution in [0.5, 0.6) is 0 Å². The third-order valence-corrected chi connectivity index (χ3v) is 2.60. The highest BCUT2D eigenvalue weighted by Crippen LogP contribution is 2.04. The molecule has 0 radical (unpaired) electrons. The Bertz CT molecular complexity index is 590. The van der Waals surface area contributed by atoms with Crippen LogP contribution in [0.15, 0.2) is 46.1 Å². The molecule has 0 spiro atoms. The van der Waals surface area contributed by atoms with Crippen molar-refractivity contribution in [3.63, 3.8) is 0 Å². The lowest BCUT2D eigenvalue weighted by Crippen LogP contribution is -2.34. The average molecular weight is 270 g/mol. The number of hydrazone groups is 2. The van der Waals surface area contributed by atoms with Gasteiger partial charge in [0.05, 0.1) is 6.21 Å². The largest absolute Gasteiger partial charge is 0.272 e. The fraction of sp³-hybridized carbons (Fsp3) is 0.143. The van der Waals surface area contributed by atoms with Crippen LogP contribution >= 0.6 is 0 Å². The molecular weight excluding hydrogens is 256 g/mol. The zero-order valence-electron chi connectivity index (χ0n) is 10.9. The van der Waals surface area contributed by atoms with E-state index in [9.17, 15) is 9.59 Å². The van der Waals surface area contributed by atoms with Gasteiger partial charge in [-0.2, -0.15) is 10.2 Å². The summed E-state index contributed by atoms with van der Waals surface area (Å²) in [5.41, 5.74) is 6.42. The number of nitrogens with zero attached hydrogens (tertiary/aromatic N) is 2. The van der Waals surface area contributed by atoms with E-state index in [2.05, 4.69) is 21.1 Å². The Morgan fingerprint density at radius 3 is 2.80 bits per heavy atom. The number of rotatable bonds is 4. The minimum atomic E-state index is -0.912. The summed E-state index contributed by atoms with van der Waals surface area (Å²) in [4.78, 5) is 22.8. The van der Waals surface area contributed by atoms with Crippen LogP contribution in [0.3, 0.4) is 0 Å². The summed E-state index contributed by atoms with van der Waals surface area (Å²) in [6, 6.07) is 9.76. The molecule has 1 aromatic carbocycles. The van der Waals surface area contributed by atoms with Gasteiger partial charge in [0.1, 0.15) is 0 Å². The van der Waals surface area contributed by atoms with E-state index in [0.29, 0.717) is 0 Å². The molecule has 2 amide bonds. The first-order chi connectivity index (χ1) is 9.66. The van der Waals surface area contributed by atoms with Crippen molar-refractivity contribution in [2.75, 3.05) is 0 Å². The van der Waals surface area contributed by atoms with Gasteiger partial charge in [-0.15, -0.1) is 0 Å². The van der Waals surface area contributed by atoms with Crippen molar-refractivity contribution < 1.29 is 9.59 Å². The van der Waals surface area contributed by atoms with Crippen LogP contribution < -0.4 is 10.9 Å². The molecule has 1 aliphatic heterocycles. The van der Waals surface area contributed by atoms with Crippen molar-refractivity contribution in [1.29, 1.82) is 0 Å². The summed E-state index contributed by atoms with van der Waals surface area (Å²) in [5.74, 6) is -1.87. The zero-order valence-corrected chi connectivity index (χ0v) is 10.9. The van der Waals surface area contributed by atoms with Crippen LogP contribution in [0.1, 0.15) is 12.5 Å². The number of hydrogen-bond donors (Lipinski definition) is 2. The van der Waals surface area contributed by atoms with E-state index in [1.165, 1.54) is 12.4 Å². The maximum absolute atomic E-state index is 11.6. The first kappa shape index (κ1) is 13.7. The topological polar surface area (TPSA) is 82.9 Å². The molecule has 20 heavy (non-hydrogen) atoms. The summed E-state index contributed by atoms with van der Waals surface area (Å²) in [5, 5.41) is 7.33. The van der Waals surface area contributed by atoms with Gasteiger partial charge < -0.3 is 0 Å². The van der Waals surface area contributed by atoms with Crippen molar-refractivity contribution >= 4 is 30.3 Å². The summed E-state index contributed by atoms with van der Waals surface area (Å²) >= 11 is 0. The molecule has 0 saturated heterocycles. The highest BCUT2D eigenvalue weighted by Gasteiger charge is 2.28. The lowest BCUT2D eigenvalue weighted by atomic mass is 10.1. The first-order valence-corrected chi connectivity index (χ1v) is 6.06. The molecule has 0 aliphatic carbocycles. The van der Waals surface area contributed by atoms with E-state index in [4.69, 9.17) is 0 Å². The molecular formula is C14H14N4O2. The Morgan fingerprint density at radius 2 is 2.15 bits per heavy atom. The van der Waals surface area contributed by atoms with Crippen LogP contribution in [-0.2, 0) is 9.59 Å². The van der Waals surface area contributed by atoms with E-state index in [0.717, 1.165) is 11.1 Å². The van der Waals surface area contributed by atoms with Crippen molar-refractivity contribution in [2.45, 2.75) is 6.92 Å². The maximum atomic E-state index is 11.6. The molecule has 2 N–H and O–H groups in total. The molecule has 2 rings (SSSR count). The standard InChI is InChI=1S/C14H14N4O2/c1-10(7-11-5-3-2-4-6-11)8-15-17-13(19)12-9-16-18-14(12)20/h2-9,12H,1H3,(H,17,19)(H,18,20)/b10-7+,15-8+. The molecule has 0 bridgehead atoms. The Kier molecular flexibility index (Phi) is 4.39. The summed E-state index contributed by atoms with van der Waals surface area (Å²) in [6.45, 7) is 1.87. The average Bonchev–Trinajstić information content (AvgIpc) is 2.86. The van der Waals surface area contributed by atoms with Gasteiger partial charge in [-0.1, -0.05) is 36.4 Å². The molecule has 0 fully saturated rings. The number of amides is 2. The van der Waals surface area contributed by atoms with Gasteiger partial charge in [0.15, 0.2) is 5.92 Å². The van der Waals surface area contributed by atoms with E-state index in [1.54, 1.807) is 0 Å². The molecule has 1 atom stereocenters. The predicted octanol–water partition coefficient (Wildman–Crippen LogP) is 0.924. The molecule has 0 aromatic heterocycles. The highest BCUT2D eigenvalue weighted by atomic mass is 16.2. The Morgan fingerprint density at radius 1 is 1.40 bits per heavy atom. The number of carbonyl (C=O) groups is 2. The van der Waals surface area contributed by atoms with Gasteiger partial charge in [0, 0.05) is 6.21 Å². The molecule has 0 saturated carbocycles. The SMILES string of the molecule is CC(/C=N/NC(=O)C1C=NNC1=O)=C\c1ccccc1. The molecule has 1 heterocycles. The molecule has 6 nitrogen and oxygen atoms in total. The second kappa shape index (κ2) is 6.42. The summed E-state index contributed by atoms with van der Waals surface area (Å²) in [7, 11) is 0. The smallest absolute Gasteiger partial charge is 0.258 e. The summed E-state index contributed by atoms with van der Waals surface area (Å²) < 4.78 is 0. The van der Waals surface area contributed by atoms with Crippen LogP contribution in [-0.4, -0.2) is 24.2 Å². The lowest BCUT2D eigenvalue weighted by molar-refractivity contribution is -0.131. The lowest BCUT2D eigenvalue weighted by Gasteiger charge is -2.01. The van der Waals surface area contributed by atoms with Crippen molar-refractivity contribution in [3.05, 3.63) is 41.5 Å². The van der Waals surface area contributed by atoms with E-state index in [-0.39, 0.29) is 0 Å². The van der Waals surface area contributed by atoms with Gasteiger partial charge in [0.2, 0.25) is 0 Å². The minimum Gasteiger partial charge on any atom is -0.272 e. The fourth-order valence-electron chi connectivity index (χ4n) is 1.62. The second-order valence-electron chi connectivity index (χ2n) is 4.27. The van der Waals surface area contributed by atoms with Gasteiger partial charge >= 0.3 is 0 Å². The molecule has 1 aromatic rings. The molecule has 1 unspecified atom stereocenters. The monoisotopic (exact) mass is 270 g/mol. The van der Waals surface area contributed by atoms with Crippen molar-refractivity contribution in [1.82, 2.24) is 10.9 Å². The third-order valence-electron chi connectivity index (χ3n) is 2.60. The predicted molar refractivity (Wildman–Crippen MR) is 76.9 cm³/mol. The van der Waals surface area contributed by atoms with Crippen molar-refractivity contribution in [3.8, 4) is 0 Å². The van der Waals surface area contributed by atoms with Crippen LogP contribution in [0.4, 0.5) is 0 Å². The van der Waals surface area contributed by atoms with E-state index >= 15 is 0 Å². The zero-order chi connectivity index (χ0) is 14.4. The molecule has 1 aliphatic rings. The number of hydrogen-bond acceptors (Lipinski definition) is 4. The van der Waals surface area contributed by atoms with Crippen LogP contribution in [0.25, 0.3) is 6.08 Å². The van der Waals surface area contributed by atoms with Crippen LogP contribution in [0, 0.1) is 5.92 Å². The Balaban J connectivity index is 1.90.